The van der Waals surface area contributed by atoms with Gasteiger partial charge in [-0.3, -0.25) is 4.79 Å². The van der Waals surface area contributed by atoms with E-state index in [1.807, 2.05) is 42.5 Å². The fourth-order valence-corrected chi connectivity index (χ4v) is 3.88. The van der Waals surface area contributed by atoms with Crippen molar-refractivity contribution in [1.29, 1.82) is 0 Å². The van der Waals surface area contributed by atoms with E-state index in [0.717, 1.165) is 51.6 Å². The zero-order chi connectivity index (χ0) is 20.9. The van der Waals surface area contributed by atoms with Gasteiger partial charge in [-0.15, -0.1) is 0 Å². The molecule has 2 aromatic carbocycles. The molecule has 4 rings (SSSR count). The maximum Gasteiger partial charge on any atom is 0.220 e. The van der Waals surface area contributed by atoms with Crippen LogP contribution in [0.25, 0.3) is 33.2 Å². The Kier molecular flexibility index (Phi) is 6.31. The van der Waals surface area contributed by atoms with Crippen LogP contribution in [0.3, 0.4) is 0 Å². The molecule has 5 nitrogen and oxygen atoms in total. The summed E-state index contributed by atoms with van der Waals surface area (Å²) in [5, 5.41) is 5.75. The summed E-state index contributed by atoms with van der Waals surface area (Å²) in [6, 6.07) is 18.0. The number of amides is 1. The molecule has 2 N–H and O–H groups in total. The zero-order valence-electron chi connectivity index (χ0n) is 16.9. The van der Waals surface area contributed by atoms with Crippen LogP contribution in [0.4, 0.5) is 0 Å². The molecule has 0 atom stereocenters. The number of halogens is 1. The van der Waals surface area contributed by atoms with Crippen LogP contribution in [0.2, 0.25) is 5.02 Å². The van der Waals surface area contributed by atoms with Gasteiger partial charge in [-0.2, -0.15) is 0 Å². The number of carbonyl (C=O) groups excluding carboxylic acids is 1. The van der Waals surface area contributed by atoms with Crippen LogP contribution in [0.15, 0.2) is 54.6 Å². The predicted molar refractivity (Wildman–Crippen MR) is 122 cm³/mol. The normalized spacial score (nSPS) is 11.3. The van der Waals surface area contributed by atoms with E-state index >= 15 is 0 Å². The average Bonchev–Trinajstić information content (AvgIpc) is 3.11. The third-order valence-electron chi connectivity index (χ3n) is 5.18. The molecule has 0 saturated heterocycles. The number of carbonyl (C=O) groups is 1. The number of nitrogens with one attached hydrogen (secondary N) is 2. The van der Waals surface area contributed by atoms with E-state index in [0.29, 0.717) is 24.6 Å². The summed E-state index contributed by atoms with van der Waals surface area (Å²) in [6.07, 6.45) is 1.95. The number of aromatic nitrogens is 2. The van der Waals surface area contributed by atoms with Crippen molar-refractivity contribution >= 4 is 39.3 Å². The fourth-order valence-electron chi connectivity index (χ4n) is 3.71. The first-order valence-electron chi connectivity index (χ1n) is 10.1. The number of methoxy groups -OCH3 is 1. The third-order valence-corrected chi connectivity index (χ3v) is 5.42. The Morgan fingerprint density at radius 2 is 2.03 bits per heavy atom. The van der Waals surface area contributed by atoms with Crippen molar-refractivity contribution in [3.8, 4) is 11.4 Å². The molecule has 0 bridgehead atoms. The van der Waals surface area contributed by atoms with Crippen LogP contribution in [0.1, 0.15) is 18.4 Å². The molecule has 0 radical (unpaired) electrons. The molecule has 1 amide bonds. The number of ether oxygens (including phenoxy) is 1. The first kappa shape index (κ1) is 20.4. The van der Waals surface area contributed by atoms with Crippen molar-refractivity contribution in [3.63, 3.8) is 0 Å². The molecule has 0 aliphatic heterocycles. The van der Waals surface area contributed by atoms with Crippen molar-refractivity contribution < 1.29 is 9.53 Å². The van der Waals surface area contributed by atoms with Gasteiger partial charge >= 0.3 is 0 Å². The lowest BCUT2D eigenvalue weighted by Crippen LogP contribution is -2.26. The third kappa shape index (κ3) is 4.48. The van der Waals surface area contributed by atoms with Gasteiger partial charge in [0.15, 0.2) is 0 Å². The minimum Gasteiger partial charge on any atom is -0.383 e. The second-order valence-electron chi connectivity index (χ2n) is 7.25. The molecule has 0 aliphatic carbocycles. The monoisotopic (exact) mass is 421 g/mol. The number of rotatable bonds is 8. The number of hydrogen-bond donors (Lipinski definition) is 2. The molecule has 2 aromatic heterocycles. The first-order valence-corrected chi connectivity index (χ1v) is 10.5. The van der Waals surface area contributed by atoms with E-state index < -0.39 is 0 Å². The number of para-hydroxylation sites is 1. The van der Waals surface area contributed by atoms with E-state index in [9.17, 15) is 4.79 Å². The Labute approximate surface area is 180 Å². The minimum absolute atomic E-state index is 0.0373. The van der Waals surface area contributed by atoms with Gasteiger partial charge in [0.2, 0.25) is 5.91 Å². The Morgan fingerprint density at radius 3 is 2.90 bits per heavy atom. The quantitative estimate of drug-likeness (QED) is 0.388. The molecule has 0 fully saturated rings. The molecule has 0 aliphatic rings. The van der Waals surface area contributed by atoms with Crippen molar-refractivity contribution in [1.82, 2.24) is 15.3 Å². The number of aromatic amines is 1. The lowest BCUT2D eigenvalue weighted by Gasteiger charge is -2.07. The molecule has 0 unspecified atom stereocenters. The van der Waals surface area contributed by atoms with Gasteiger partial charge in [0.25, 0.3) is 0 Å². The standard InChI is InChI=1S/C24H24ClN3O2/c1-30-14-13-26-23(29)8-4-6-18-19-15-17(25)10-12-21(19)28-24(18)22-11-9-16-5-2-3-7-20(16)27-22/h2-3,5,7,9-12,15,28H,4,6,8,13-14H2,1H3,(H,26,29). The highest BCUT2D eigenvalue weighted by atomic mass is 35.5. The number of hydrogen-bond acceptors (Lipinski definition) is 3. The molecular weight excluding hydrogens is 398 g/mol. The van der Waals surface area contributed by atoms with E-state index in [4.69, 9.17) is 21.3 Å². The molecule has 2 heterocycles. The summed E-state index contributed by atoms with van der Waals surface area (Å²) in [5.74, 6) is 0.0373. The highest BCUT2D eigenvalue weighted by Crippen LogP contribution is 2.33. The largest absolute Gasteiger partial charge is 0.383 e. The molecule has 0 spiro atoms. The molecule has 30 heavy (non-hydrogen) atoms. The lowest BCUT2D eigenvalue weighted by molar-refractivity contribution is -0.121. The maximum atomic E-state index is 12.1. The van der Waals surface area contributed by atoms with Crippen LogP contribution in [-0.4, -0.2) is 36.1 Å². The van der Waals surface area contributed by atoms with Crippen molar-refractivity contribution in [2.75, 3.05) is 20.3 Å². The molecule has 4 aromatic rings. The van der Waals surface area contributed by atoms with Crippen molar-refractivity contribution in [3.05, 3.63) is 65.2 Å². The summed E-state index contributed by atoms with van der Waals surface area (Å²) in [5.41, 5.74) is 4.98. The summed E-state index contributed by atoms with van der Waals surface area (Å²) in [6.45, 7) is 1.05. The van der Waals surface area contributed by atoms with Gasteiger partial charge < -0.3 is 15.0 Å². The Bertz CT molecular complexity index is 1190. The van der Waals surface area contributed by atoms with E-state index in [1.165, 1.54) is 0 Å². The van der Waals surface area contributed by atoms with Crippen molar-refractivity contribution in [2.24, 2.45) is 0 Å². The average molecular weight is 422 g/mol. The summed E-state index contributed by atoms with van der Waals surface area (Å²) >= 11 is 6.27. The van der Waals surface area contributed by atoms with E-state index in [-0.39, 0.29) is 5.91 Å². The second kappa shape index (κ2) is 9.28. The Hall–Kier alpha value is -2.89. The van der Waals surface area contributed by atoms with E-state index in [1.54, 1.807) is 7.11 Å². The molecule has 0 saturated carbocycles. The van der Waals surface area contributed by atoms with Gasteiger partial charge in [0, 0.05) is 41.4 Å². The predicted octanol–water partition coefficient (Wildman–Crippen LogP) is 5.12. The lowest BCUT2D eigenvalue weighted by atomic mass is 10.0. The first-order chi connectivity index (χ1) is 14.7. The van der Waals surface area contributed by atoms with Crippen LogP contribution in [-0.2, 0) is 16.0 Å². The van der Waals surface area contributed by atoms with Crippen LogP contribution >= 0.6 is 11.6 Å². The second-order valence-corrected chi connectivity index (χ2v) is 7.69. The highest BCUT2D eigenvalue weighted by Gasteiger charge is 2.15. The maximum absolute atomic E-state index is 12.1. The number of pyridine rings is 1. The summed E-state index contributed by atoms with van der Waals surface area (Å²) < 4.78 is 4.97. The molecule has 6 heteroatoms. The summed E-state index contributed by atoms with van der Waals surface area (Å²) in [7, 11) is 1.62. The number of nitrogens with zero attached hydrogens (tertiary/aromatic N) is 1. The SMILES string of the molecule is COCCNC(=O)CCCc1c(-c2ccc3ccccc3n2)[nH]c2ccc(Cl)cc12. The zero-order valence-corrected chi connectivity index (χ0v) is 17.6. The molecule has 154 valence electrons. The van der Waals surface area contributed by atoms with Crippen LogP contribution in [0.5, 0.6) is 0 Å². The highest BCUT2D eigenvalue weighted by molar-refractivity contribution is 6.31. The topological polar surface area (TPSA) is 67.0 Å². The Morgan fingerprint density at radius 1 is 1.17 bits per heavy atom. The van der Waals surface area contributed by atoms with E-state index in [2.05, 4.69) is 22.4 Å². The fraction of sp³-hybridized carbons (Fsp3) is 0.250. The van der Waals surface area contributed by atoms with Crippen molar-refractivity contribution in [2.45, 2.75) is 19.3 Å². The van der Waals surface area contributed by atoms with Gasteiger partial charge in [-0.05, 0) is 48.7 Å². The van der Waals surface area contributed by atoms with Crippen LogP contribution < -0.4 is 5.32 Å². The molecular formula is C24H24ClN3O2. The number of aryl methyl sites for hydroxylation is 1. The number of H-pyrrole nitrogens is 1. The van der Waals surface area contributed by atoms with Gasteiger partial charge in [0.05, 0.1) is 23.5 Å². The van der Waals surface area contributed by atoms with Gasteiger partial charge in [0.1, 0.15) is 0 Å². The van der Waals surface area contributed by atoms with Gasteiger partial charge in [-0.1, -0.05) is 35.9 Å². The smallest absolute Gasteiger partial charge is 0.220 e. The van der Waals surface area contributed by atoms with Crippen LogP contribution in [0, 0.1) is 0 Å². The minimum atomic E-state index is 0.0373. The number of fused-ring (bicyclic) bond motifs is 2. The number of benzene rings is 2. The van der Waals surface area contributed by atoms with Gasteiger partial charge in [-0.25, -0.2) is 4.98 Å². The Balaban J connectivity index is 1.63. The summed E-state index contributed by atoms with van der Waals surface area (Å²) in [4.78, 5) is 20.4.